The summed E-state index contributed by atoms with van der Waals surface area (Å²) in [5, 5.41) is 2.77. The zero-order chi connectivity index (χ0) is 11.3. The number of carbonyl (C=O) groups excluding carboxylic acids is 1. The third-order valence-corrected chi connectivity index (χ3v) is 2.40. The molecule has 1 aromatic carbocycles. The molecule has 0 aliphatic heterocycles. The zero-order valence-electron chi connectivity index (χ0n) is 8.79. The third kappa shape index (κ3) is 3.44. The molecule has 0 fully saturated rings. The highest BCUT2D eigenvalue weighted by molar-refractivity contribution is 6.18. The molecule has 1 amide bonds. The molecule has 0 saturated carbocycles. The van der Waals surface area contributed by atoms with E-state index in [1.165, 1.54) is 0 Å². The highest BCUT2D eigenvalue weighted by Crippen LogP contribution is 2.12. The van der Waals surface area contributed by atoms with Crippen LogP contribution in [0.2, 0.25) is 0 Å². The van der Waals surface area contributed by atoms with Crippen molar-refractivity contribution in [3.8, 4) is 5.75 Å². The molecule has 0 saturated heterocycles. The largest absolute Gasteiger partial charge is 0.497 e. The fourth-order valence-corrected chi connectivity index (χ4v) is 1.19. The standard InChI is InChI=1S/C11H14ClNO2/c1-8(7-12)13-11(14)9-4-3-5-10(6-9)15-2/h3-6,8H,7H2,1-2H3,(H,13,14). The fraction of sp³-hybridized carbons (Fsp3) is 0.364. The Hall–Kier alpha value is -1.22. The van der Waals surface area contributed by atoms with Crippen LogP contribution in [0, 0.1) is 0 Å². The number of ether oxygens (including phenoxy) is 1. The Morgan fingerprint density at radius 2 is 2.33 bits per heavy atom. The summed E-state index contributed by atoms with van der Waals surface area (Å²) in [6.07, 6.45) is 0. The van der Waals surface area contributed by atoms with Gasteiger partial charge < -0.3 is 10.1 Å². The van der Waals surface area contributed by atoms with Crippen LogP contribution < -0.4 is 10.1 Å². The Kier molecular flexibility index (Phi) is 4.43. The Balaban J connectivity index is 2.73. The molecule has 3 nitrogen and oxygen atoms in total. The maximum atomic E-state index is 11.7. The van der Waals surface area contributed by atoms with Crippen LogP contribution in [0.25, 0.3) is 0 Å². The van der Waals surface area contributed by atoms with E-state index < -0.39 is 0 Å². The second-order valence-electron chi connectivity index (χ2n) is 3.26. The van der Waals surface area contributed by atoms with E-state index in [4.69, 9.17) is 16.3 Å². The van der Waals surface area contributed by atoms with Gasteiger partial charge in [-0.1, -0.05) is 6.07 Å². The summed E-state index contributed by atoms with van der Waals surface area (Å²) in [7, 11) is 1.57. The topological polar surface area (TPSA) is 38.3 Å². The molecule has 15 heavy (non-hydrogen) atoms. The smallest absolute Gasteiger partial charge is 0.251 e. The van der Waals surface area contributed by atoms with Crippen LogP contribution in [-0.2, 0) is 0 Å². The van der Waals surface area contributed by atoms with E-state index in [2.05, 4.69) is 5.32 Å². The van der Waals surface area contributed by atoms with Gasteiger partial charge >= 0.3 is 0 Å². The van der Waals surface area contributed by atoms with Crippen LogP contribution in [0.4, 0.5) is 0 Å². The van der Waals surface area contributed by atoms with Crippen LogP contribution >= 0.6 is 11.6 Å². The van der Waals surface area contributed by atoms with Crippen molar-refractivity contribution in [1.29, 1.82) is 0 Å². The second-order valence-corrected chi connectivity index (χ2v) is 3.57. The van der Waals surface area contributed by atoms with Gasteiger partial charge in [0.1, 0.15) is 5.75 Å². The van der Waals surface area contributed by atoms with E-state index in [0.717, 1.165) is 0 Å². The number of nitrogens with one attached hydrogen (secondary N) is 1. The van der Waals surface area contributed by atoms with Gasteiger partial charge in [0.15, 0.2) is 0 Å². The maximum absolute atomic E-state index is 11.7. The number of halogens is 1. The number of amides is 1. The van der Waals surface area contributed by atoms with Crippen molar-refractivity contribution in [2.75, 3.05) is 13.0 Å². The van der Waals surface area contributed by atoms with Gasteiger partial charge in [0.25, 0.3) is 5.91 Å². The first-order valence-corrected chi connectivity index (χ1v) is 5.21. The van der Waals surface area contributed by atoms with E-state index in [1.807, 2.05) is 6.92 Å². The summed E-state index contributed by atoms with van der Waals surface area (Å²) in [6.45, 7) is 1.85. The molecule has 1 aromatic rings. The normalized spacial score (nSPS) is 11.9. The molecule has 1 N–H and O–H groups in total. The van der Waals surface area contributed by atoms with Gasteiger partial charge in [-0.2, -0.15) is 0 Å². The summed E-state index contributed by atoms with van der Waals surface area (Å²) < 4.78 is 5.03. The van der Waals surface area contributed by atoms with Gasteiger partial charge in [-0.15, -0.1) is 11.6 Å². The quantitative estimate of drug-likeness (QED) is 0.800. The van der Waals surface area contributed by atoms with E-state index in [-0.39, 0.29) is 11.9 Å². The van der Waals surface area contributed by atoms with Crippen LogP contribution in [0.1, 0.15) is 17.3 Å². The van der Waals surface area contributed by atoms with Crippen LogP contribution in [-0.4, -0.2) is 24.9 Å². The first-order valence-electron chi connectivity index (χ1n) is 4.68. The Morgan fingerprint density at radius 3 is 2.93 bits per heavy atom. The molecule has 4 heteroatoms. The molecular formula is C11H14ClNO2. The van der Waals surface area contributed by atoms with Crippen molar-refractivity contribution in [2.24, 2.45) is 0 Å². The van der Waals surface area contributed by atoms with Gasteiger partial charge in [-0.05, 0) is 25.1 Å². The van der Waals surface area contributed by atoms with Crippen molar-refractivity contribution in [3.05, 3.63) is 29.8 Å². The highest BCUT2D eigenvalue weighted by Gasteiger charge is 2.09. The minimum absolute atomic E-state index is 0.0367. The molecule has 0 radical (unpaired) electrons. The minimum Gasteiger partial charge on any atom is -0.497 e. The molecule has 0 aliphatic carbocycles. The molecule has 1 unspecified atom stereocenters. The average Bonchev–Trinajstić information content (AvgIpc) is 2.28. The summed E-state index contributed by atoms with van der Waals surface area (Å²) in [4.78, 5) is 11.7. The van der Waals surface area contributed by atoms with Crippen molar-refractivity contribution in [1.82, 2.24) is 5.32 Å². The summed E-state index contributed by atoms with van der Waals surface area (Å²) in [6, 6.07) is 6.96. The lowest BCUT2D eigenvalue weighted by atomic mass is 10.2. The van der Waals surface area contributed by atoms with E-state index >= 15 is 0 Å². The van der Waals surface area contributed by atoms with Gasteiger partial charge in [-0.3, -0.25) is 4.79 Å². The Labute approximate surface area is 94.4 Å². The van der Waals surface area contributed by atoms with Gasteiger partial charge in [0.2, 0.25) is 0 Å². The molecule has 82 valence electrons. The summed E-state index contributed by atoms with van der Waals surface area (Å²) in [5.41, 5.74) is 0.575. The van der Waals surface area contributed by atoms with Crippen molar-refractivity contribution in [3.63, 3.8) is 0 Å². The number of benzene rings is 1. The second kappa shape index (κ2) is 5.61. The zero-order valence-corrected chi connectivity index (χ0v) is 9.54. The number of carbonyl (C=O) groups is 1. The van der Waals surface area contributed by atoms with Gasteiger partial charge in [-0.25, -0.2) is 0 Å². The third-order valence-electron chi connectivity index (χ3n) is 1.94. The number of rotatable bonds is 4. The Morgan fingerprint density at radius 1 is 1.60 bits per heavy atom. The first-order chi connectivity index (χ1) is 7.17. The molecule has 1 atom stereocenters. The SMILES string of the molecule is COc1cccc(C(=O)NC(C)CCl)c1. The van der Waals surface area contributed by atoms with Crippen molar-refractivity contribution in [2.45, 2.75) is 13.0 Å². The molecule has 0 aliphatic rings. The summed E-state index contributed by atoms with van der Waals surface area (Å²) in [5.74, 6) is 0.929. The minimum atomic E-state index is -0.137. The number of hydrogen-bond acceptors (Lipinski definition) is 2. The first kappa shape index (κ1) is 11.9. The highest BCUT2D eigenvalue weighted by atomic mass is 35.5. The molecule has 0 bridgehead atoms. The predicted octanol–water partition coefficient (Wildman–Crippen LogP) is 2.05. The fourth-order valence-electron chi connectivity index (χ4n) is 1.11. The van der Waals surface area contributed by atoms with Crippen molar-refractivity contribution < 1.29 is 9.53 Å². The molecular weight excluding hydrogens is 214 g/mol. The van der Waals surface area contributed by atoms with E-state index in [1.54, 1.807) is 31.4 Å². The van der Waals surface area contributed by atoms with Crippen LogP contribution in [0.5, 0.6) is 5.75 Å². The average molecular weight is 228 g/mol. The lowest BCUT2D eigenvalue weighted by molar-refractivity contribution is 0.0943. The van der Waals surface area contributed by atoms with Crippen molar-refractivity contribution >= 4 is 17.5 Å². The lowest BCUT2D eigenvalue weighted by Crippen LogP contribution is -2.33. The van der Waals surface area contributed by atoms with Gasteiger partial charge in [0.05, 0.1) is 7.11 Å². The van der Waals surface area contributed by atoms with E-state index in [0.29, 0.717) is 17.2 Å². The Bertz CT molecular complexity index is 341. The number of hydrogen-bond donors (Lipinski definition) is 1. The number of methoxy groups -OCH3 is 1. The van der Waals surface area contributed by atoms with Crippen LogP contribution in [0.15, 0.2) is 24.3 Å². The molecule has 1 rings (SSSR count). The maximum Gasteiger partial charge on any atom is 0.251 e. The predicted molar refractivity (Wildman–Crippen MR) is 60.6 cm³/mol. The van der Waals surface area contributed by atoms with Crippen LogP contribution in [0.3, 0.4) is 0 Å². The molecule has 0 aromatic heterocycles. The van der Waals surface area contributed by atoms with E-state index in [9.17, 15) is 4.79 Å². The number of alkyl halides is 1. The molecule has 0 heterocycles. The lowest BCUT2D eigenvalue weighted by Gasteiger charge is -2.10. The summed E-state index contributed by atoms with van der Waals surface area (Å²) >= 11 is 5.60. The monoisotopic (exact) mass is 227 g/mol. The van der Waals surface area contributed by atoms with Gasteiger partial charge in [0, 0.05) is 17.5 Å². The molecule has 0 spiro atoms.